The van der Waals surface area contributed by atoms with Crippen molar-refractivity contribution in [3.05, 3.63) is 57.6 Å². The minimum Gasteiger partial charge on any atom is -0.377 e. The normalized spacial score (nSPS) is 11.5. The fourth-order valence-electron chi connectivity index (χ4n) is 2.59. The molecule has 0 atom stereocenters. The van der Waals surface area contributed by atoms with E-state index in [9.17, 15) is 13.2 Å². The highest BCUT2D eigenvalue weighted by Crippen LogP contribution is 2.25. The van der Waals surface area contributed by atoms with E-state index in [1.54, 1.807) is 12.1 Å². The van der Waals surface area contributed by atoms with Gasteiger partial charge in [-0.05, 0) is 70.7 Å². The zero-order valence-corrected chi connectivity index (χ0v) is 19.5. The molecule has 0 spiro atoms. The maximum absolute atomic E-state index is 12.3. The Morgan fingerprint density at radius 1 is 1.14 bits per heavy atom. The van der Waals surface area contributed by atoms with Crippen LogP contribution < -0.4 is 14.6 Å². The first-order chi connectivity index (χ1) is 13.5. The summed E-state index contributed by atoms with van der Waals surface area (Å²) in [6.45, 7) is 3.47. The van der Waals surface area contributed by atoms with E-state index in [4.69, 9.17) is 0 Å². The molecule has 0 unspecified atom stereocenters. The summed E-state index contributed by atoms with van der Waals surface area (Å²) in [5.74, 6) is -0.533. The Balaban J connectivity index is 2.10. The molecule has 0 radical (unpaired) electrons. The van der Waals surface area contributed by atoms with E-state index in [2.05, 4.69) is 26.5 Å². The fraction of sp³-hybridized carbons (Fsp3) is 0.300. The molecule has 0 aliphatic heterocycles. The van der Waals surface area contributed by atoms with Crippen LogP contribution in [0.1, 0.15) is 16.7 Å². The maximum atomic E-state index is 12.3. The van der Waals surface area contributed by atoms with E-state index in [-0.39, 0.29) is 6.54 Å². The van der Waals surface area contributed by atoms with Crippen LogP contribution in [0.5, 0.6) is 0 Å². The second kappa shape index (κ2) is 9.41. The monoisotopic (exact) mass is 480 g/mol. The average molecular weight is 481 g/mol. The van der Waals surface area contributed by atoms with Crippen LogP contribution in [0.15, 0.2) is 46.0 Å². The number of benzene rings is 2. The molecule has 0 fully saturated rings. The van der Waals surface area contributed by atoms with Gasteiger partial charge in [-0.15, -0.1) is 0 Å². The maximum Gasteiger partial charge on any atom is 0.260 e. The summed E-state index contributed by atoms with van der Waals surface area (Å²) < 4.78 is 26.3. The van der Waals surface area contributed by atoms with Crippen molar-refractivity contribution in [2.45, 2.75) is 13.8 Å². The third kappa shape index (κ3) is 6.30. The number of nitrogens with zero attached hydrogens (tertiary/aromatic N) is 3. The lowest BCUT2D eigenvalue weighted by Gasteiger charge is -2.22. The van der Waals surface area contributed by atoms with Crippen LogP contribution in [-0.4, -0.2) is 47.4 Å². The summed E-state index contributed by atoms with van der Waals surface area (Å²) in [6.07, 6.45) is 2.57. The lowest BCUT2D eigenvalue weighted by molar-refractivity contribution is -0.119. The Hall–Kier alpha value is -2.39. The third-order valence-corrected chi connectivity index (χ3v) is 6.10. The van der Waals surface area contributed by atoms with Crippen molar-refractivity contribution >= 4 is 49.4 Å². The number of aryl methyl sites for hydroxylation is 2. The number of nitrogens with one attached hydrogen (secondary N) is 1. The van der Waals surface area contributed by atoms with Crippen molar-refractivity contribution < 1.29 is 13.2 Å². The molecule has 2 rings (SSSR count). The second-order valence-corrected chi connectivity index (χ2v) is 9.70. The van der Waals surface area contributed by atoms with Gasteiger partial charge in [-0.25, -0.2) is 13.8 Å². The molecule has 29 heavy (non-hydrogen) atoms. The Morgan fingerprint density at radius 2 is 1.83 bits per heavy atom. The summed E-state index contributed by atoms with van der Waals surface area (Å²) in [5, 5.41) is 3.94. The van der Waals surface area contributed by atoms with Gasteiger partial charge in [0.1, 0.15) is 6.54 Å². The van der Waals surface area contributed by atoms with Crippen LogP contribution in [0.3, 0.4) is 0 Å². The molecule has 0 saturated heterocycles. The number of hydrogen-bond acceptors (Lipinski definition) is 5. The molecule has 0 aliphatic rings. The van der Waals surface area contributed by atoms with Gasteiger partial charge in [0.15, 0.2) is 0 Å². The van der Waals surface area contributed by atoms with Crippen LogP contribution in [0, 0.1) is 13.8 Å². The van der Waals surface area contributed by atoms with Crippen LogP contribution in [0.25, 0.3) is 0 Å². The summed E-state index contributed by atoms with van der Waals surface area (Å²) >= 11 is 3.50. The summed E-state index contributed by atoms with van der Waals surface area (Å²) in [7, 11) is 0.255. The molecule has 0 bridgehead atoms. The van der Waals surface area contributed by atoms with E-state index in [0.717, 1.165) is 37.4 Å². The van der Waals surface area contributed by atoms with Gasteiger partial charge in [0.05, 0.1) is 23.8 Å². The van der Waals surface area contributed by atoms with E-state index >= 15 is 0 Å². The van der Waals surface area contributed by atoms with Crippen LogP contribution in [0.4, 0.5) is 11.4 Å². The van der Waals surface area contributed by atoms with E-state index < -0.39 is 15.9 Å². The van der Waals surface area contributed by atoms with Crippen molar-refractivity contribution in [2.75, 3.05) is 36.1 Å². The van der Waals surface area contributed by atoms with Gasteiger partial charge in [-0.1, -0.05) is 12.1 Å². The highest BCUT2D eigenvalue weighted by Gasteiger charge is 2.21. The number of carbonyl (C=O) groups excluding carboxylic acids is 1. The number of anilines is 2. The molecule has 156 valence electrons. The second-order valence-electron chi connectivity index (χ2n) is 6.94. The third-order valence-electron chi connectivity index (χ3n) is 4.32. The zero-order valence-electron chi connectivity index (χ0n) is 17.1. The molecule has 0 heterocycles. The molecular weight excluding hydrogens is 456 g/mol. The summed E-state index contributed by atoms with van der Waals surface area (Å²) in [4.78, 5) is 14.3. The topological polar surface area (TPSA) is 82.1 Å². The molecule has 9 heteroatoms. The highest BCUT2D eigenvalue weighted by molar-refractivity contribution is 9.10. The highest BCUT2D eigenvalue weighted by atomic mass is 79.9. The van der Waals surface area contributed by atoms with Crippen LogP contribution in [0.2, 0.25) is 0 Å². The average Bonchev–Trinajstić information content (AvgIpc) is 2.61. The Labute approximate surface area is 180 Å². The van der Waals surface area contributed by atoms with Gasteiger partial charge in [0.2, 0.25) is 10.0 Å². The SMILES string of the molecule is Cc1ccc(N(CC(=O)N/N=C\c2ccc(N(C)C)c(Br)c2)S(C)(=O)=O)cc1C. The minimum absolute atomic E-state index is 0.359. The van der Waals surface area contributed by atoms with E-state index in [1.807, 2.05) is 57.1 Å². The number of carbonyl (C=O) groups is 1. The summed E-state index contributed by atoms with van der Waals surface area (Å²) in [5.41, 5.74) is 6.62. The zero-order chi connectivity index (χ0) is 21.8. The molecule has 7 nitrogen and oxygen atoms in total. The largest absolute Gasteiger partial charge is 0.377 e. The molecular formula is C20H25BrN4O3S. The number of hydrogen-bond donors (Lipinski definition) is 1. The van der Waals surface area contributed by atoms with E-state index in [1.165, 1.54) is 6.21 Å². The molecule has 0 aromatic heterocycles. The standard InChI is InChI=1S/C20H25BrN4O3S/c1-14-6-8-17(10-15(14)2)25(29(5,27)28)13-20(26)23-22-12-16-7-9-19(24(3)4)18(21)11-16/h6-12H,13H2,1-5H3,(H,23,26)/b22-12-. The van der Waals surface area contributed by atoms with Crippen molar-refractivity contribution in [3.63, 3.8) is 0 Å². The number of sulfonamides is 1. The van der Waals surface area contributed by atoms with Gasteiger partial charge >= 0.3 is 0 Å². The first kappa shape index (κ1) is 22.9. The Bertz CT molecular complexity index is 1040. The predicted molar refractivity (Wildman–Crippen MR) is 122 cm³/mol. The van der Waals surface area contributed by atoms with Gasteiger partial charge < -0.3 is 4.90 Å². The molecule has 0 saturated carbocycles. The molecule has 1 N–H and O–H groups in total. The lowest BCUT2D eigenvalue weighted by Crippen LogP contribution is -2.39. The fourth-order valence-corrected chi connectivity index (χ4v) is 4.19. The van der Waals surface area contributed by atoms with Crippen LogP contribution >= 0.6 is 15.9 Å². The molecule has 2 aromatic carbocycles. The van der Waals surface area contributed by atoms with Crippen molar-refractivity contribution in [3.8, 4) is 0 Å². The lowest BCUT2D eigenvalue weighted by atomic mass is 10.1. The smallest absolute Gasteiger partial charge is 0.260 e. The number of amides is 1. The minimum atomic E-state index is -3.63. The van der Waals surface area contributed by atoms with E-state index in [0.29, 0.717) is 5.69 Å². The molecule has 1 amide bonds. The predicted octanol–water partition coefficient (Wildman–Crippen LogP) is 3.05. The van der Waals surface area contributed by atoms with Gasteiger partial charge in [-0.2, -0.15) is 5.10 Å². The van der Waals surface area contributed by atoms with Gasteiger partial charge in [0, 0.05) is 18.6 Å². The number of rotatable bonds is 7. The van der Waals surface area contributed by atoms with Gasteiger partial charge in [-0.3, -0.25) is 9.10 Å². The number of halogens is 1. The quantitative estimate of drug-likeness (QED) is 0.487. The number of hydrazone groups is 1. The summed E-state index contributed by atoms with van der Waals surface area (Å²) in [6, 6.07) is 10.9. The first-order valence-electron chi connectivity index (χ1n) is 8.83. The van der Waals surface area contributed by atoms with Crippen molar-refractivity contribution in [2.24, 2.45) is 5.10 Å². The molecule has 0 aliphatic carbocycles. The molecule has 2 aromatic rings. The Morgan fingerprint density at radius 3 is 2.38 bits per heavy atom. The van der Waals surface area contributed by atoms with Crippen molar-refractivity contribution in [1.82, 2.24) is 5.43 Å². The van der Waals surface area contributed by atoms with Crippen LogP contribution in [-0.2, 0) is 14.8 Å². The van der Waals surface area contributed by atoms with Crippen molar-refractivity contribution in [1.29, 1.82) is 0 Å². The first-order valence-corrected chi connectivity index (χ1v) is 11.5. The Kier molecular flexibility index (Phi) is 7.43. The van der Waals surface area contributed by atoms with Gasteiger partial charge in [0.25, 0.3) is 5.91 Å².